The van der Waals surface area contributed by atoms with E-state index in [0.29, 0.717) is 31.1 Å². The molecule has 1 N–H and O–H groups in total. The lowest BCUT2D eigenvalue weighted by molar-refractivity contribution is -0.125. The van der Waals surface area contributed by atoms with Gasteiger partial charge in [-0.05, 0) is 55.9 Å². The van der Waals surface area contributed by atoms with Gasteiger partial charge in [-0.2, -0.15) is 4.31 Å². The molecule has 1 fully saturated rings. The van der Waals surface area contributed by atoms with Gasteiger partial charge in [-0.3, -0.25) is 9.69 Å². The number of piperazine rings is 1. The molecule has 1 atom stereocenters. The van der Waals surface area contributed by atoms with E-state index >= 15 is 0 Å². The van der Waals surface area contributed by atoms with Crippen LogP contribution < -0.4 is 5.32 Å². The first-order valence-corrected chi connectivity index (χ1v) is 10.4. The van der Waals surface area contributed by atoms with Crippen LogP contribution in [-0.4, -0.2) is 62.8 Å². The monoisotopic (exact) mass is 365 g/mol. The molecule has 0 unspecified atom stereocenters. The maximum atomic E-state index is 13.0. The number of carbonyl (C=O) groups is 1. The number of sulfonamides is 1. The van der Waals surface area contributed by atoms with E-state index in [-0.39, 0.29) is 11.9 Å². The summed E-state index contributed by atoms with van der Waals surface area (Å²) in [6.45, 7) is 3.82. The van der Waals surface area contributed by atoms with Gasteiger partial charge in [-0.15, -0.1) is 0 Å². The van der Waals surface area contributed by atoms with Gasteiger partial charge < -0.3 is 5.32 Å². The Morgan fingerprint density at radius 2 is 1.72 bits per heavy atom. The fraction of sp³-hybridized carbons (Fsp3) is 0.611. The largest absolute Gasteiger partial charge is 0.358 e. The van der Waals surface area contributed by atoms with Gasteiger partial charge in [-0.25, -0.2) is 8.42 Å². The van der Waals surface area contributed by atoms with Crippen LogP contribution >= 0.6 is 0 Å². The molecule has 1 aliphatic heterocycles. The van der Waals surface area contributed by atoms with Crippen LogP contribution in [0.2, 0.25) is 0 Å². The summed E-state index contributed by atoms with van der Waals surface area (Å²) in [6.07, 6.45) is 4.33. The molecule has 1 aromatic rings. The van der Waals surface area contributed by atoms with Gasteiger partial charge in [0.1, 0.15) is 0 Å². The summed E-state index contributed by atoms with van der Waals surface area (Å²) < 4.78 is 27.5. The zero-order valence-corrected chi connectivity index (χ0v) is 15.8. The van der Waals surface area contributed by atoms with Crippen LogP contribution in [0.5, 0.6) is 0 Å². The Labute approximate surface area is 150 Å². The molecule has 0 aromatic heterocycles. The molecule has 6 nitrogen and oxygen atoms in total. The van der Waals surface area contributed by atoms with Crippen LogP contribution in [0.3, 0.4) is 0 Å². The number of nitrogens with one attached hydrogen (secondary N) is 1. The summed E-state index contributed by atoms with van der Waals surface area (Å²) in [4.78, 5) is 14.2. The SMILES string of the molecule is CNC(=O)[C@H](C)N1CCN(S(=O)(=O)c2ccc3c(c2)CCCC3)CC1. The maximum absolute atomic E-state index is 13.0. The third-order valence-corrected chi connectivity index (χ3v) is 7.30. The van der Waals surface area contributed by atoms with E-state index in [1.807, 2.05) is 24.0 Å². The van der Waals surface area contributed by atoms with Crippen LogP contribution in [0.15, 0.2) is 23.1 Å². The van der Waals surface area contributed by atoms with Crippen LogP contribution in [0, 0.1) is 0 Å². The van der Waals surface area contributed by atoms with Crippen molar-refractivity contribution >= 4 is 15.9 Å². The highest BCUT2D eigenvalue weighted by Crippen LogP contribution is 2.26. The molecule has 1 saturated heterocycles. The van der Waals surface area contributed by atoms with E-state index in [9.17, 15) is 13.2 Å². The van der Waals surface area contributed by atoms with Gasteiger partial charge in [0.2, 0.25) is 15.9 Å². The molecule has 0 saturated carbocycles. The first-order chi connectivity index (χ1) is 11.9. The summed E-state index contributed by atoms with van der Waals surface area (Å²) in [7, 11) is -1.84. The highest BCUT2D eigenvalue weighted by atomic mass is 32.2. The van der Waals surface area contributed by atoms with E-state index in [1.165, 1.54) is 17.5 Å². The van der Waals surface area contributed by atoms with Crippen molar-refractivity contribution < 1.29 is 13.2 Å². The first-order valence-electron chi connectivity index (χ1n) is 9.01. The van der Waals surface area contributed by atoms with Crippen molar-refractivity contribution in [1.82, 2.24) is 14.5 Å². The zero-order chi connectivity index (χ0) is 18.0. The third-order valence-electron chi connectivity index (χ3n) is 5.40. The number of carbonyl (C=O) groups excluding carboxylic acids is 1. The molecule has 0 spiro atoms. The predicted molar refractivity (Wildman–Crippen MR) is 96.9 cm³/mol. The summed E-state index contributed by atoms with van der Waals surface area (Å²) >= 11 is 0. The quantitative estimate of drug-likeness (QED) is 0.864. The smallest absolute Gasteiger partial charge is 0.243 e. The number of likely N-dealkylation sites (N-methyl/N-ethyl adjacent to an activating group) is 1. The normalized spacial score (nSPS) is 20.7. The second-order valence-electron chi connectivity index (χ2n) is 6.87. The van der Waals surface area contributed by atoms with Crippen molar-refractivity contribution in [3.63, 3.8) is 0 Å². The Morgan fingerprint density at radius 1 is 1.08 bits per heavy atom. The Balaban J connectivity index is 1.71. The van der Waals surface area contributed by atoms with Gasteiger partial charge in [0.25, 0.3) is 0 Å². The average molecular weight is 365 g/mol. The van der Waals surface area contributed by atoms with Crippen molar-refractivity contribution in [2.75, 3.05) is 33.2 Å². The molecule has 0 bridgehead atoms. The average Bonchev–Trinajstić information content (AvgIpc) is 2.66. The topological polar surface area (TPSA) is 69.7 Å². The highest BCUT2D eigenvalue weighted by Gasteiger charge is 2.31. The van der Waals surface area contributed by atoms with Crippen LogP contribution in [0.4, 0.5) is 0 Å². The molecule has 7 heteroatoms. The molecule has 0 radical (unpaired) electrons. The molecule has 1 aliphatic carbocycles. The Morgan fingerprint density at radius 3 is 2.36 bits per heavy atom. The second kappa shape index (κ2) is 7.43. The minimum atomic E-state index is -3.46. The number of nitrogens with zero attached hydrogens (tertiary/aromatic N) is 2. The minimum absolute atomic E-state index is 0.0361. The standard InChI is InChI=1S/C18H27N3O3S/c1-14(18(22)19-2)20-9-11-21(12-10-20)25(23,24)17-8-7-15-5-3-4-6-16(15)13-17/h7-8,13-14H,3-6,9-12H2,1-2H3,(H,19,22)/t14-/m0/s1. The number of rotatable bonds is 4. The number of amides is 1. The molecular formula is C18H27N3O3S. The Hall–Kier alpha value is -1.44. The van der Waals surface area contributed by atoms with E-state index < -0.39 is 10.0 Å². The van der Waals surface area contributed by atoms with E-state index in [1.54, 1.807) is 17.4 Å². The van der Waals surface area contributed by atoms with Crippen LogP contribution in [-0.2, 0) is 27.7 Å². The Bertz CT molecular complexity index is 740. The number of hydrogen-bond donors (Lipinski definition) is 1. The lowest BCUT2D eigenvalue weighted by atomic mass is 9.92. The third kappa shape index (κ3) is 3.73. The fourth-order valence-electron chi connectivity index (χ4n) is 3.73. The molecule has 2 aliphatic rings. The highest BCUT2D eigenvalue weighted by molar-refractivity contribution is 7.89. The van der Waals surface area contributed by atoms with Gasteiger partial charge in [-0.1, -0.05) is 6.07 Å². The zero-order valence-electron chi connectivity index (χ0n) is 15.0. The van der Waals surface area contributed by atoms with Gasteiger partial charge >= 0.3 is 0 Å². The van der Waals surface area contributed by atoms with E-state index in [0.717, 1.165) is 19.3 Å². The fourth-order valence-corrected chi connectivity index (χ4v) is 5.20. The molecule has 1 aromatic carbocycles. The number of hydrogen-bond acceptors (Lipinski definition) is 4. The van der Waals surface area contributed by atoms with E-state index in [4.69, 9.17) is 0 Å². The number of benzene rings is 1. The van der Waals surface area contributed by atoms with Crippen molar-refractivity contribution in [2.24, 2.45) is 0 Å². The summed E-state index contributed by atoms with van der Waals surface area (Å²) in [5.41, 5.74) is 2.47. The van der Waals surface area contributed by atoms with Crippen molar-refractivity contribution in [3.05, 3.63) is 29.3 Å². The van der Waals surface area contributed by atoms with E-state index in [2.05, 4.69) is 5.32 Å². The summed E-state index contributed by atoms with van der Waals surface area (Å²) in [5.74, 6) is -0.0361. The molecule has 1 heterocycles. The number of aryl methyl sites for hydroxylation is 2. The van der Waals surface area contributed by atoms with Gasteiger partial charge in [0, 0.05) is 33.2 Å². The molecule has 25 heavy (non-hydrogen) atoms. The van der Waals surface area contributed by atoms with Crippen molar-refractivity contribution in [3.8, 4) is 0 Å². The Kier molecular flexibility index (Phi) is 5.46. The first kappa shape index (κ1) is 18.4. The van der Waals surface area contributed by atoms with Crippen molar-refractivity contribution in [1.29, 1.82) is 0 Å². The van der Waals surface area contributed by atoms with Crippen LogP contribution in [0.1, 0.15) is 30.9 Å². The molecule has 138 valence electrons. The summed E-state index contributed by atoms with van der Waals surface area (Å²) in [5, 5.41) is 2.65. The summed E-state index contributed by atoms with van der Waals surface area (Å²) in [6, 6.07) is 5.35. The van der Waals surface area contributed by atoms with Gasteiger partial charge in [0.05, 0.1) is 10.9 Å². The lowest BCUT2D eigenvalue weighted by Crippen LogP contribution is -2.54. The predicted octanol–water partition coefficient (Wildman–Crippen LogP) is 1.01. The van der Waals surface area contributed by atoms with Gasteiger partial charge in [0.15, 0.2) is 0 Å². The lowest BCUT2D eigenvalue weighted by Gasteiger charge is -2.36. The molecule has 1 amide bonds. The van der Waals surface area contributed by atoms with Crippen LogP contribution in [0.25, 0.3) is 0 Å². The molecular weight excluding hydrogens is 338 g/mol. The number of fused-ring (bicyclic) bond motifs is 1. The minimum Gasteiger partial charge on any atom is -0.358 e. The second-order valence-corrected chi connectivity index (χ2v) is 8.81. The van der Waals surface area contributed by atoms with Crippen molar-refractivity contribution in [2.45, 2.75) is 43.5 Å². The maximum Gasteiger partial charge on any atom is 0.243 e. The molecule has 3 rings (SSSR count).